The summed E-state index contributed by atoms with van der Waals surface area (Å²) in [6.45, 7) is 4.12. The van der Waals surface area contributed by atoms with Crippen LogP contribution < -0.4 is 5.73 Å². The number of amides is 1. The lowest BCUT2D eigenvalue weighted by molar-refractivity contribution is -0.132. The summed E-state index contributed by atoms with van der Waals surface area (Å²) < 4.78 is 13.6. The van der Waals surface area contributed by atoms with E-state index in [9.17, 15) is 9.18 Å². The molecule has 19 heavy (non-hydrogen) atoms. The topological polar surface area (TPSA) is 46.3 Å². The van der Waals surface area contributed by atoms with E-state index in [2.05, 4.69) is 0 Å². The molecule has 0 heterocycles. The third-order valence-corrected chi connectivity index (χ3v) is 3.23. The van der Waals surface area contributed by atoms with Crippen LogP contribution in [0.3, 0.4) is 0 Å². The molecule has 0 fully saturated rings. The van der Waals surface area contributed by atoms with Gasteiger partial charge in [-0.15, -0.1) is 0 Å². The first kappa shape index (κ1) is 15.9. The fourth-order valence-electron chi connectivity index (χ4n) is 1.89. The number of hydrogen-bond acceptors (Lipinski definition) is 2. The summed E-state index contributed by atoms with van der Waals surface area (Å²) in [6, 6.07) is 3.91. The Morgan fingerprint density at radius 1 is 1.47 bits per heavy atom. The molecule has 1 amide bonds. The second-order valence-electron chi connectivity index (χ2n) is 5.13. The Morgan fingerprint density at radius 2 is 2.11 bits per heavy atom. The number of hydrogen-bond donors (Lipinski definition) is 1. The van der Waals surface area contributed by atoms with Crippen molar-refractivity contribution in [1.82, 2.24) is 4.90 Å². The van der Waals surface area contributed by atoms with Gasteiger partial charge in [0.1, 0.15) is 5.82 Å². The second-order valence-corrected chi connectivity index (χ2v) is 5.54. The number of carbonyl (C=O) groups is 1. The molecule has 106 valence electrons. The van der Waals surface area contributed by atoms with E-state index in [0.717, 1.165) is 0 Å². The highest BCUT2D eigenvalue weighted by molar-refractivity contribution is 6.31. The van der Waals surface area contributed by atoms with E-state index in [4.69, 9.17) is 17.3 Å². The lowest BCUT2D eigenvalue weighted by Crippen LogP contribution is -2.42. The molecule has 0 aromatic heterocycles. The molecule has 0 aliphatic heterocycles. The van der Waals surface area contributed by atoms with Gasteiger partial charge in [-0.1, -0.05) is 31.5 Å². The van der Waals surface area contributed by atoms with Crippen molar-refractivity contribution < 1.29 is 9.18 Å². The lowest BCUT2D eigenvalue weighted by Gasteiger charge is -2.23. The van der Waals surface area contributed by atoms with Gasteiger partial charge in [0.15, 0.2) is 0 Å². The Hall–Kier alpha value is -1.13. The number of benzene rings is 1. The van der Waals surface area contributed by atoms with Crippen LogP contribution in [0, 0.1) is 11.7 Å². The summed E-state index contributed by atoms with van der Waals surface area (Å²) in [6.07, 6.45) is 0.605. The van der Waals surface area contributed by atoms with Gasteiger partial charge in [0, 0.05) is 24.2 Å². The first-order chi connectivity index (χ1) is 8.82. The molecule has 0 saturated carbocycles. The van der Waals surface area contributed by atoms with Crippen LogP contribution in [-0.4, -0.2) is 23.9 Å². The first-order valence-electron chi connectivity index (χ1n) is 6.26. The molecule has 0 aliphatic rings. The van der Waals surface area contributed by atoms with E-state index in [1.54, 1.807) is 13.1 Å². The number of nitrogens with two attached hydrogens (primary N) is 1. The Morgan fingerprint density at radius 3 is 2.63 bits per heavy atom. The molecule has 2 N–H and O–H groups in total. The van der Waals surface area contributed by atoms with Gasteiger partial charge in [0.2, 0.25) is 5.91 Å². The molecule has 0 radical (unpaired) electrons. The Balaban J connectivity index is 2.74. The maximum absolute atomic E-state index is 13.6. The van der Waals surface area contributed by atoms with E-state index in [1.807, 2.05) is 13.8 Å². The van der Waals surface area contributed by atoms with Crippen molar-refractivity contribution >= 4 is 17.5 Å². The van der Waals surface area contributed by atoms with Crippen LogP contribution in [0.25, 0.3) is 0 Å². The Bertz CT molecular complexity index is 431. The van der Waals surface area contributed by atoms with Gasteiger partial charge in [0.05, 0.1) is 6.04 Å². The predicted octanol–water partition coefficient (Wildman–Crippen LogP) is 2.81. The van der Waals surface area contributed by atoms with Crippen LogP contribution >= 0.6 is 11.6 Å². The zero-order valence-electron chi connectivity index (χ0n) is 11.5. The summed E-state index contributed by atoms with van der Waals surface area (Å²) >= 11 is 5.93. The number of carbonyl (C=O) groups excluding carboxylic acids is 1. The van der Waals surface area contributed by atoms with Gasteiger partial charge in [-0.05, 0) is 24.5 Å². The SMILES string of the molecule is CC(C)CC(N)C(=O)N(C)Cc1c(F)cccc1Cl. The van der Waals surface area contributed by atoms with Crippen molar-refractivity contribution in [3.05, 3.63) is 34.6 Å². The summed E-state index contributed by atoms with van der Waals surface area (Å²) in [5.41, 5.74) is 6.15. The molecule has 0 spiro atoms. The highest BCUT2D eigenvalue weighted by atomic mass is 35.5. The van der Waals surface area contributed by atoms with E-state index in [1.165, 1.54) is 17.0 Å². The molecular weight excluding hydrogens is 267 g/mol. The highest BCUT2D eigenvalue weighted by Gasteiger charge is 2.20. The number of rotatable bonds is 5. The Kier molecular flexibility index (Phi) is 5.76. The summed E-state index contributed by atoms with van der Waals surface area (Å²) in [5.74, 6) is -0.276. The smallest absolute Gasteiger partial charge is 0.239 e. The highest BCUT2D eigenvalue weighted by Crippen LogP contribution is 2.20. The molecule has 1 atom stereocenters. The fraction of sp³-hybridized carbons (Fsp3) is 0.500. The molecular formula is C14H20ClFN2O. The van der Waals surface area contributed by atoms with E-state index in [0.29, 0.717) is 22.9 Å². The van der Waals surface area contributed by atoms with Crippen molar-refractivity contribution in [2.24, 2.45) is 11.7 Å². The fourth-order valence-corrected chi connectivity index (χ4v) is 2.11. The van der Waals surface area contributed by atoms with Crippen molar-refractivity contribution in [3.8, 4) is 0 Å². The minimum absolute atomic E-state index is 0.121. The molecule has 0 saturated heterocycles. The quantitative estimate of drug-likeness (QED) is 0.905. The van der Waals surface area contributed by atoms with Crippen molar-refractivity contribution in [2.75, 3.05) is 7.05 Å². The van der Waals surface area contributed by atoms with Crippen molar-refractivity contribution in [1.29, 1.82) is 0 Å². The normalized spacial score (nSPS) is 12.6. The van der Waals surface area contributed by atoms with Gasteiger partial charge in [-0.2, -0.15) is 0 Å². The maximum atomic E-state index is 13.6. The lowest BCUT2D eigenvalue weighted by atomic mass is 10.0. The van der Waals surface area contributed by atoms with E-state index >= 15 is 0 Å². The molecule has 5 heteroatoms. The largest absolute Gasteiger partial charge is 0.340 e. The molecule has 0 bridgehead atoms. The molecule has 1 aromatic carbocycles. The van der Waals surface area contributed by atoms with Crippen LogP contribution in [0.1, 0.15) is 25.8 Å². The van der Waals surface area contributed by atoms with Crippen LogP contribution in [0.2, 0.25) is 5.02 Å². The third-order valence-electron chi connectivity index (χ3n) is 2.88. The second kappa shape index (κ2) is 6.87. The zero-order valence-corrected chi connectivity index (χ0v) is 12.2. The van der Waals surface area contributed by atoms with Gasteiger partial charge in [-0.25, -0.2) is 4.39 Å². The molecule has 1 unspecified atom stereocenters. The van der Waals surface area contributed by atoms with Gasteiger partial charge in [-0.3, -0.25) is 4.79 Å². The average molecular weight is 287 g/mol. The van der Waals surface area contributed by atoms with Crippen molar-refractivity contribution in [2.45, 2.75) is 32.9 Å². The minimum Gasteiger partial charge on any atom is -0.340 e. The number of halogens is 2. The number of nitrogens with zero attached hydrogens (tertiary/aromatic N) is 1. The summed E-state index contributed by atoms with van der Waals surface area (Å²) in [5, 5.41) is 0.317. The van der Waals surface area contributed by atoms with E-state index in [-0.39, 0.29) is 12.5 Å². The van der Waals surface area contributed by atoms with Gasteiger partial charge < -0.3 is 10.6 Å². The van der Waals surface area contributed by atoms with E-state index < -0.39 is 11.9 Å². The first-order valence-corrected chi connectivity index (χ1v) is 6.64. The van der Waals surface area contributed by atoms with Gasteiger partial charge >= 0.3 is 0 Å². The average Bonchev–Trinajstić information content (AvgIpc) is 2.32. The zero-order chi connectivity index (χ0) is 14.6. The Labute approximate surface area is 118 Å². The van der Waals surface area contributed by atoms with Gasteiger partial charge in [0.25, 0.3) is 0 Å². The third kappa shape index (κ3) is 4.48. The van der Waals surface area contributed by atoms with Crippen LogP contribution in [-0.2, 0) is 11.3 Å². The summed E-state index contributed by atoms with van der Waals surface area (Å²) in [4.78, 5) is 13.5. The maximum Gasteiger partial charge on any atom is 0.239 e. The molecule has 0 aliphatic carbocycles. The van der Waals surface area contributed by atoms with Crippen molar-refractivity contribution in [3.63, 3.8) is 0 Å². The van der Waals surface area contributed by atoms with Crippen LogP contribution in [0.4, 0.5) is 4.39 Å². The minimum atomic E-state index is -0.560. The number of likely N-dealkylation sites (N-methyl/N-ethyl adjacent to an activating group) is 1. The summed E-state index contributed by atoms with van der Waals surface area (Å²) in [7, 11) is 1.60. The standard InChI is InChI=1S/C14H20ClFN2O/c1-9(2)7-13(17)14(19)18(3)8-10-11(15)5-4-6-12(10)16/h4-6,9,13H,7-8,17H2,1-3H3. The molecule has 1 aromatic rings. The predicted molar refractivity (Wildman–Crippen MR) is 75.3 cm³/mol. The molecule has 1 rings (SSSR count). The molecule has 3 nitrogen and oxygen atoms in total. The van der Waals surface area contributed by atoms with Crippen LogP contribution in [0.5, 0.6) is 0 Å². The monoisotopic (exact) mass is 286 g/mol. The van der Waals surface area contributed by atoms with Crippen LogP contribution in [0.15, 0.2) is 18.2 Å².